The molecule has 0 unspecified atom stereocenters. The lowest BCUT2D eigenvalue weighted by molar-refractivity contribution is 0.0952. The Balaban J connectivity index is 2.40. The van der Waals surface area contributed by atoms with Crippen molar-refractivity contribution in [3.8, 4) is 22.6 Å². The van der Waals surface area contributed by atoms with Gasteiger partial charge >= 0.3 is 0 Å². The van der Waals surface area contributed by atoms with Gasteiger partial charge in [0.05, 0.1) is 12.7 Å². The summed E-state index contributed by atoms with van der Waals surface area (Å²) in [6.45, 7) is 2.20. The summed E-state index contributed by atoms with van der Waals surface area (Å²) in [7, 11) is 1.48. The molecule has 0 spiro atoms. The number of phenolic OH excluding ortho intramolecular Hbond substituents is 1. The number of aromatic hydroxyl groups is 1. The fourth-order valence-electron chi connectivity index (χ4n) is 2.00. The molecular formula is C16H16FNO3. The molecule has 0 bridgehead atoms. The first-order valence-electron chi connectivity index (χ1n) is 6.51. The van der Waals surface area contributed by atoms with Crippen LogP contribution in [-0.2, 0) is 0 Å². The van der Waals surface area contributed by atoms with Crippen LogP contribution >= 0.6 is 0 Å². The molecule has 0 atom stereocenters. The molecular weight excluding hydrogens is 273 g/mol. The fraction of sp³-hybridized carbons (Fsp3) is 0.188. The van der Waals surface area contributed by atoms with E-state index in [4.69, 9.17) is 4.74 Å². The second-order valence-electron chi connectivity index (χ2n) is 4.47. The van der Waals surface area contributed by atoms with Crippen molar-refractivity contribution in [3.05, 3.63) is 47.8 Å². The lowest BCUT2D eigenvalue weighted by atomic mass is 10.0. The Bertz CT molecular complexity index is 671. The summed E-state index contributed by atoms with van der Waals surface area (Å²) in [5.41, 5.74) is 1.15. The molecule has 0 heterocycles. The van der Waals surface area contributed by atoms with Gasteiger partial charge in [-0.25, -0.2) is 4.39 Å². The number of halogens is 1. The fourth-order valence-corrected chi connectivity index (χ4v) is 2.00. The highest BCUT2D eigenvalue weighted by molar-refractivity contribution is 5.95. The summed E-state index contributed by atoms with van der Waals surface area (Å²) >= 11 is 0. The van der Waals surface area contributed by atoms with Crippen molar-refractivity contribution in [1.29, 1.82) is 0 Å². The molecule has 21 heavy (non-hydrogen) atoms. The van der Waals surface area contributed by atoms with Crippen LogP contribution in [0.2, 0.25) is 0 Å². The molecule has 2 rings (SSSR count). The van der Waals surface area contributed by atoms with E-state index in [9.17, 15) is 14.3 Å². The average Bonchev–Trinajstić information content (AvgIpc) is 2.46. The van der Waals surface area contributed by atoms with Crippen molar-refractivity contribution in [3.63, 3.8) is 0 Å². The minimum absolute atomic E-state index is 0.00674. The minimum Gasteiger partial charge on any atom is -0.508 e. The Morgan fingerprint density at radius 3 is 2.62 bits per heavy atom. The minimum atomic E-state index is -0.610. The smallest absolute Gasteiger partial charge is 0.254 e. The number of methoxy groups -OCH3 is 1. The molecule has 0 radical (unpaired) electrons. The predicted molar refractivity (Wildman–Crippen MR) is 78.1 cm³/mol. The number of hydrogen-bond donors (Lipinski definition) is 2. The molecule has 110 valence electrons. The summed E-state index contributed by atoms with van der Waals surface area (Å²) in [5.74, 6) is -0.563. The predicted octanol–water partition coefficient (Wildman–Crippen LogP) is 2.96. The number of rotatable bonds is 4. The van der Waals surface area contributed by atoms with Crippen LogP contribution in [0.4, 0.5) is 4.39 Å². The molecule has 0 aliphatic rings. The molecule has 0 aromatic heterocycles. The molecule has 0 saturated carbocycles. The van der Waals surface area contributed by atoms with Crippen LogP contribution in [-0.4, -0.2) is 24.7 Å². The highest BCUT2D eigenvalue weighted by Crippen LogP contribution is 2.30. The third-order valence-corrected chi connectivity index (χ3v) is 3.01. The second-order valence-corrected chi connectivity index (χ2v) is 4.47. The molecule has 4 nitrogen and oxygen atoms in total. The molecule has 1 amide bonds. The van der Waals surface area contributed by atoms with Crippen molar-refractivity contribution >= 4 is 5.91 Å². The lowest BCUT2D eigenvalue weighted by Gasteiger charge is -2.08. The zero-order chi connectivity index (χ0) is 15.4. The van der Waals surface area contributed by atoms with Crippen LogP contribution in [0.15, 0.2) is 36.4 Å². The van der Waals surface area contributed by atoms with Gasteiger partial charge in [-0.15, -0.1) is 0 Å². The van der Waals surface area contributed by atoms with Crippen molar-refractivity contribution in [2.45, 2.75) is 6.92 Å². The number of amides is 1. The Morgan fingerprint density at radius 2 is 2.00 bits per heavy atom. The molecule has 5 heteroatoms. The summed E-state index contributed by atoms with van der Waals surface area (Å²) in [6.07, 6.45) is 0. The van der Waals surface area contributed by atoms with Gasteiger partial charge in [-0.05, 0) is 42.3 Å². The van der Waals surface area contributed by atoms with Crippen molar-refractivity contribution < 1.29 is 19.0 Å². The van der Waals surface area contributed by atoms with Crippen LogP contribution in [0.3, 0.4) is 0 Å². The number of ether oxygens (including phenoxy) is 1. The number of carbonyl (C=O) groups is 1. The van der Waals surface area contributed by atoms with E-state index < -0.39 is 11.7 Å². The number of phenols is 1. The summed E-state index contributed by atoms with van der Waals surface area (Å²) in [6, 6.07) is 8.96. The average molecular weight is 289 g/mol. The second kappa shape index (κ2) is 6.26. The van der Waals surface area contributed by atoms with Gasteiger partial charge in [0.25, 0.3) is 5.91 Å². The molecule has 0 fully saturated rings. The number of nitrogens with one attached hydrogen (secondary N) is 1. The van der Waals surface area contributed by atoms with Gasteiger partial charge in [-0.3, -0.25) is 4.79 Å². The van der Waals surface area contributed by atoms with Crippen LogP contribution in [0.5, 0.6) is 11.5 Å². The number of benzene rings is 2. The first-order valence-corrected chi connectivity index (χ1v) is 6.51. The molecule has 0 aliphatic heterocycles. The standard InChI is InChI=1S/C16H16FNO3/c1-3-18-16(20)14-5-4-10(8-15(14)17)11-6-12(19)9-13(7-11)21-2/h4-9,19H,3H2,1-2H3,(H,18,20). The first-order chi connectivity index (χ1) is 10.0. The zero-order valence-corrected chi connectivity index (χ0v) is 11.8. The SMILES string of the molecule is CCNC(=O)c1ccc(-c2cc(O)cc(OC)c2)cc1F. The van der Waals surface area contributed by atoms with Gasteiger partial charge in [0, 0.05) is 12.6 Å². The van der Waals surface area contributed by atoms with E-state index in [0.29, 0.717) is 23.4 Å². The third-order valence-electron chi connectivity index (χ3n) is 3.01. The number of hydrogen-bond acceptors (Lipinski definition) is 3. The largest absolute Gasteiger partial charge is 0.508 e. The van der Waals surface area contributed by atoms with Gasteiger partial charge < -0.3 is 15.2 Å². The van der Waals surface area contributed by atoms with Crippen LogP contribution in [0, 0.1) is 5.82 Å². The molecule has 2 aromatic rings. The lowest BCUT2D eigenvalue weighted by Crippen LogP contribution is -2.23. The van der Waals surface area contributed by atoms with Gasteiger partial charge in [0.2, 0.25) is 0 Å². The monoisotopic (exact) mass is 289 g/mol. The highest BCUT2D eigenvalue weighted by atomic mass is 19.1. The van der Waals surface area contributed by atoms with E-state index in [0.717, 1.165) is 0 Å². The van der Waals surface area contributed by atoms with Gasteiger partial charge in [-0.2, -0.15) is 0 Å². The Kier molecular flexibility index (Phi) is 4.42. The Labute approximate surface area is 122 Å². The maximum atomic E-state index is 14.0. The maximum Gasteiger partial charge on any atom is 0.254 e. The Morgan fingerprint density at radius 1 is 1.24 bits per heavy atom. The topological polar surface area (TPSA) is 58.6 Å². The van der Waals surface area contributed by atoms with E-state index in [2.05, 4.69) is 5.32 Å². The van der Waals surface area contributed by atoms with E-state index >= 15 is 0 Å². The molecule has 2 N–H and O–H groups in total. The summed E-state index contributed by atoms with van der Waals surface area (Å²) in [5, 5.41) is 12.2. The van der Waals surface area contributed by atoms with Crippen LogP contribution in [0.1, 0.15) is 17.3 Å². The van der Waals surface area contributed by atoms with Crippen molar-refractivity contribution in [2.24, 2.45) is 0 Å². The third kappa shape index (κ3) is 3.31. The maximum absolute atomic E-state index is 14.0. The quantitative estimate of drug-likeness (QED) is 0.909. The molecule has 2 aromatic carbocycles. The van der Waals surface area contributed by atoms with Gasteiger partial charge in [-0.1, -0.05) is 6.07 Å². The van der Waals surface area contributed by atoms with E-state index in [1.165, 1.54) is 31.4 Å². The van der Waals surface area contributed by atoms with E-state index in [1.54, 1.807) is 19.1 Å². The van der Waals surface area contributed by atoms with Crippen molar-refractivity contribution in [1.82, 2.24) is 5.32 Å². The normalized spacial score (nSPS) is 10.2. The Hall–Kier alpha value is -2.56. The summed E-state index contributed by atoms with van der Waals surface area (Å²) in [4.78, 5) is 11.7. The van der Waals surface area contributed by atoms with E-state index in [1.807, 2.05) is 0 Å². The summed E-state index contributed by atoms with van der Waals surface area (Å²) < 4.78 is 19.1. The number of carbonyl (C=O) groups excluding carboxylic acids is 1. The van der Waals surface area contributed by atoms with Crippen molar-refractivity contribution in [2.75, 3.05) is 13.7 Å². The molecule has 0 aliphatic carbocycles. The first kappa shape index (κ1) is 14.8. The van der Waals surface area contributed by atoms with Crippen LogP contribution in [0.25, 0.3) is 11.1 Å². The van der Waals surface area contributed by atoms with Gasteiger partial charge in [0.15, 0.2) is 0 Å². The van der Waals surface area contributed by atoms with Crippen LogP contribution < -0.4 is 10.1 Å². The zero-order valence-electron chi connectivity index (χ0n) is 11.8. The highest BCUT2D eigenvalue weighted by Gasteiger charge is 2.12. The molecule has 0 saturated heterocycles. The van der Waals surface area contributed by atoms with Gasteiger partial charge in [0.1, 0.15) is 17.3 Å². The van der Waals surface area contributed by atoms with E-state index in [-0.39, 0.29) is 11.3 Å².